The molecule has 0 N–H and O–H groups in total. The van der Waals surface area contributed by atoms with Crippen LogP contribution in [0.25, 0.3) is 0 Å². The number of hydrogen-bond donors (Lipinski definition) is 0. The van der Waals surface area contributed by atoms with Gasteiger partial charge in [0.2, 0.25) is 0 Å². The second kappa shape index (κ2) is 5.20. The summed E-state index contributed by atoms with van der Waals surface area (Å²) >= 11 is 1.98. The van der Waals surface area contributed by atoms with E-state index in [0.29, 0.717) is 12.6 Å². The Morgan fingerprint density at radius 1 is 1.40 bits per heavy atom. The lowest BCUT2D eigenvalue weighted by molar-refractivity contribution is 0.249. The Morgan fingerprint density at radius 2 is 2.20 bits per heavy atom. The van der Waals surface area contributed by atoms with Crippen LogP contribution in [0.1, 0.15) is 11.6 Å². The van der Waals surface area contributed by atoms with Crippen molar-refractivity contribution < 1.29 is 0 Å². The zero-order valence-electron chi connectivity index (χ0n) is 8.60. The van der Waals surface area contributed by atoms with Crippen LogP contribution < -0.4 is 0 Å². The molecule has 0 bridgehead atoms. The summed E-state index contributed by atoms with van der Waals surface area (Å²) in [5.41, 5.74) is 1.33. The monoisotopic (exact) mass is 218 g/mol. The minimum absolute atomic E-state index is 0.421. The van der Waals surface area contributed by atoms with Gasteiger partial charge in [-0.3, -0.25) is 4.90 Å². The van der Waals surface area contributed by atoms with Crippen molar-refractivity contribution >= 4 is 11.8 Å². The van der Waals surface area contributed by atoms with Crippen LogP contribution in [0.4, 0.5) is 0 Å². The van der Waals surface area contributed by atoms with Crippen LogP contribution in [-0.2, 0) is 0 Å². The molecule has 1 atom stereocenters. The van der Waals surface area contributed by atoms with E-state index in [1.54, 1.807) is 0 Å². The molecule has 0 radical (unpaired) electrons. The van der Waals surface area contributed by atoms with Gasteiger partial charge in [-0.15, -0.1) is 0 Å². The van der Waals surface area contributed by atoms with Crippen molar-refractivity contribution in [2.24, 2.45) is 0 Å². The summed E-state index contributed by atoms with van der Waals surface area (Å²) in [6.45, 7) is 1.57. The maximum atomic E-state index is 8.78. The van der Waals surface area contributed by atoms with Gasteiger partial charge >= 0.3 is 0 Å². The summed E-state index contributed by atoms with van der Waals surface area (Å²) in [5.74, 6) is 2.25. The molecule has 1 heterocycles. The van der Waals surface area contributed by atoms with Crippen LogP contribution in [-0.4, -0.2) is 29.5 Å². The van der Waals surface area contributed by atoms with Gasteiger partial charge in [-0.25, -0.2) is 0 Å². The van der Waals surface area contributed by atoms with Crippen molar-refractivity contribution in [3.63, 3.8) is 0 Å². The minimum atomic E-state index is 0.421. The molecule has 0 aromatic heterocycles. The van der Waals surface area contributed by atoms with Crippen molar-refractivity contribution in [2.45, 2.75) is 6.04 Å². The first-order valence-corrected chi connectivity index (χ1v) is 6.31. The summed E-state index contributed by atoms with van der Waals surface area (Å²) in [6.07, 6.45) is 0. The summed E-state index contributed by atoms with van der Waals surface area (Å²) in [4.78, 5) is 2.27. The van der Waals surface area contributed by atoms with Crippen molar-refractivity contribution in [1.29, 1.82) is 5.26 Å². The Balaban J connectivity index is 2.15. The predicted molar refractivity (Wildman–Crippen MR) is 63.7 cm³/mol. The molecule has 0 aliphatic carbocycles. The van der Waals surface area contributed by atoms with Crippen molar-refractivity contribution in [1.82, 2.24) is 4.90 Å². The van der Waals surface area contributed by atoms with Gasteiger partial charge in [0.1, 0.15) is 0 Å². The zero-order valence-corrected chi connectivity index (χ0v) is 9.41. The second-order valence-corrected chi connectivity index (χ2v) is 4.78. The number of benzene rings is 1. The van der Waals surface area contributed by atoms with Gasteiger partial charge in [0, 0.05) is 24.1 Å². The fourth-order valence-electron chi connectivity index (χ4n) is 1.90. The Morgan fingerprint density at radius 3 is 2.93 bits per heavy atom. The number of nitriles is 1. The lowest BCUT2D eigenvalue weighted by Crippen LogP contribution is -2.36. The fraction of sp³-hybridized carbons (Fsp3) is 0.417. The molecule has 2 rings (SSSR count). The summed E-state index contributed by atoms with van der Waals surface area (Å²) in [5, 5.41) is 8.78. The predicted octanol–water partition coefficient (Wildman–Crippen LogP) is 2.30. The molecule has 78 valence electrons. The molecule has 0 spiro atoms. The molecule has 3 heteroatoms. The Bertz CT molecular complexity index is 344. The van der Waals surface area contributed by atoms with E-state index < -0.39 is 0 Å². The second-order valence-electron chi connectivity index (χ2n) is 3.63. The molecule has 0 saturated carbocycles. The molecule has 1 aromatic carbocycles. The van der Waals surface area contributed by atoms with Gasteiger partial charge in [-0.05, 0) is 5.56 Å². The topological polar surface area (TPSA) is 27.0 Å². The van der Waals surface area contributed by atoms with Crippen molar-refractivity contribution in [2.75, 3.05) is 24.6 Å². The molecule has 15 heavy (non-hydrogen) atoms. The lowest BCUT2D eigenvalue weighted by Gasteiger charge is -2.33. The highest BCUT2D eigenvalue weighted by molar-refractivity contribution is 7.99. The average molecular weight is 218 g/mol. The maximum absolute atomic E-state index is 8.78. The third-order valence-corrected chi connectivity index (χ3v) is 3.72. The zero-order chi connectivity index (χ0) is 10.5. The Kier molecular flexibility index (Phi) is 3.65. The van der Waals surface area contributed by atoms with Crippen LogP contribution in [0.5, 0.6) is 0 Å². The van der Waals surface area contributed by atoms with Gasteiger partial charge in [0.05, 0.1) is 12.6 Å². The highest BCUT2D eigenvalue weighted by atomic mass is 32.2. The molecular formula is C12H14N2S. The molecule has 1 aliphatic heterocycles. The molecular weight excluding hydrogens is 204 g/mol. The third kappa shape index (κ3) is 2.53. The van der Waals surface area contributed by atoms with Crippen molar-refractivity contribution in [3.05, 3.63) is 35.9 Å². The molecule has 1 fully saturated rings. The number of thioether (sulfide) groups is 1. The Labute approximate surface area is 94.9 Å². The summed E-state index contributed by atoms with van der Waals surface area (Å²) in [7, 11) is 0. The van der Waals surface area contributed by atoms with E-state index in [-0.39, 0.29) is 0 Å². The van der Waals surface area contributed by atoms with Crippen molar-refractivity contribution in [3.8, 4) is 6.07 Å². The van der Waals surface area contributed by atoms with Crippen LogP contribution >= 0.6 is 11.8 Å². The Hall–Kier alpha value is -0.980. The first-order valence-electron chi connectivity index (χ1n) is 5.15. The SMILES string of the molecule is N#CCN1CCSCC1c1ccccc1. The van der Waals surface area contributed by atoms with Crippen LogP contribution in [0.2, 0.25) is 0 Å². The molecule has 1 aliphatic rings. The van der Waals surface area contributed by atoms with Crippen LogP contribution in [0.15, 0.2) is 30.3 Å². The van der Waals surface area contributed by atoms with Gasteiger partial charge in [0.25, 0.3) is 0 Å². The molecule has 2 nitrogen and oxygen atoms in total. The van der Waals surface area contributed by atoms with E-state index in [2.05, 4.69) is 35.2 Å². The van der Waals surface area contributed by atoms with Gasteiger partial charge in [-0.1, -0.05) is 30.3 Å². The first-order chi connectivity index (χ1) is 7.42. The summed E-state index contributed by atoms with van der Waals surface area (Å²) < 4.78 is 0. The molecule has 0 amide bonds. The molecule has 1 aromatic rings. The maximum Gasteiger partial charge on any atom is 0.0871 e. The number of rotatable bonds is 2. The van der Waals surface area contributed by atoms with E-state index in [9.17, 15) is 0 Å². The van der Waals surface area contributed by atoms with Gasteiger partial charge < -0.3 is 0 Å². The highest BCUT2D eigenvalue weighted by Gasteiger charge is 2.23. The van der Waals surface area contributed by atoms with Crippen LogP contribution in [0, 0.1) is 11.3 Å². The van der Waals surface area contributed by atoms with E-state index in [1.165, 1.54) is 5.56 Å². The molecule has 1 saturated heterocycles. The minimum Gasteiger partial charge on any atom is -0.282 e. The first kappa shape index (κ1) is 10.5. The van der Waals surface area contributed by atoms with Gasteiger partial charge in [-0.2, -0.15) is 17.0 Å². The standard InChI is InChI=1S/C12H14N2S/c13-6-7-14-8-9-15-10-12(14)11-4-2-1-3-5-11/h1-5,12H,7-10H2. The van der Waals surface area contributed by atoms with E-state index in [4.69, 9.17) is 5.26 Å². The quantitative estimate of drug-likeness (QED) is 0.713. The molecule has 1 unspecified atom stereocenters. The van der Waals surface area contributed by atoms with E-state index in [1.807, 2.05) is 17.8 Å². The third-order valence-electron chi connectivity index (χ3n) is 2.70. The summed E-state index contributed by atoms with van der Waals surface area (Å²) in [6, 6.07) is 13.2. The van der Waals surface area contributed by atoms with Gasteiger partial charge in [0.15, 0.2) is 0 Å². The lowest BCUT2D eigenvalue weighted by atomic mass is 10.1. The van der Waals surface area contributed by atoms with Crippen LogP contribution in [0.3, 0.4) is 0 Å². The smallest absolute Gasteiger partial charge is 0.0871 e. The normalized spacial score (nSPS) is 22.2. The van der Waals surface area contributed by atoms with E-state index in [0.717, 1.165) is 18.1 Å². The van der Waals surface area contributed by atoms with E-state index >= 15 is 0 Å². The average Bonchev–Trinajstić information content (AvgIpc) is 2.31. The fourth-order valence-corrected chi connectivity index (χ4v) is 3.06. The number of hydrogen-bond acceptors (Lipinski definition) is 3. The highest BCUT2D eigenvalue weighted by Crippen LogP contribution is 2.28. The largest absolute Gasteiger partial charge is 0.282 e. The number of nitrogens with zero attached hydrogens (tertiary/aromatic N) is 2.